The maximum atomic E-state index is 9.68. The molecule has 2 N–H and O–H groups in total. The molecule has 1 fully saturated rings. The highest BCUT2D eigenvalue weighted by molar-refractivity contribution is 5.75. The van der Waals surface area contributed by atoms with Gasteiger partial charge in [0.2, 0.25) is 0 Å². The Morgan fingerprint density at radius 3 is 2.34 bits per heavy atom. The van der Waals surface area contributed by atoms with Gasteiger partial charge in [0.1, 0.15) is 5.76 Å². The Balaban J connectivity index is 2.15. The van der Waals surface area contributed by atoms with E-state index < -0.39 is 0 Å². The molecule has 1 aromatic carbocycles. The molecule has 0 aliphatic heterocycles. The highest BCUT2D eigenvalue weighted by atomic mass is 16.5. The lowest BCUT2D eigenvalue weighted by Crippen LogP contribution is -2.26. The molecule has 0 aromatic heterocycles. The molecule has 0 heterocycles. The third kappa shape index (κ3) is 7.06. The summed E-state index contributed by atoms with van der Waals surface area (Å²) >= 11 is 0. The van der Waals surface area contributed by atoms with E-state index >= 15 is 0 Å². The molecule has 29 heavy (non-hydrogen) atoms. The van der Waals surface area contributed by atoms with Crippen LogP contribution in [0.25, 0.3) is 5.57 Å². The van der Waals surface area contributed by atoms with Crippen LogP contribution in [-0.4, -0.2) is 43.4 Å². The van der Waals surface area contributed by atoms with Gasteiger partial charge < -0.3 is 20.1 Å². The van der Waals surface area contributed by atoms with Crippen molar-refractivity contribution in [2.45, 2.75) is 64.6 Å². The Hall–Kier alpha value is -2.04. The quantitative estimate of drug-likeness (QED) is 0.436. The van der Waals surface area contributed by atoms with Crippen LogP contribution in [0.4, 0.5) is 0 Å². The third-order valence-electron chi connectivity index (χ3n) is 5.35. The fraction of sp³-hybridized carbons (Fsp3) is 0.520. The van der Waals surface area contributed by atoms with Gasteiger partial charge in [-0.15, -0.1) is 0 Å². The summed E-state index contributed by atoms with van der Waals surface area (Å²) in [5, 5.41) is 13.2. The van der Waals surface area contributed by atoms with Crippen LogP contribution in [0.5, 0.6) is 0 Å². The highest BCUT2D eigenvalue weighted by Gasteiger charge is 2.21. The number of rotatable bonds is 10. The summed E-state index contributed by atoms with van der Waals surface area (Å²) in [7, 11) is 5.82. The number of hydrogen-bond donors (Lipinski definition) is 2. The first-order valence-corrected chi connectivity index (χ1v) is 10.8. The first-order chi connectivity index (χ1) is 14.0. The van der Waals surface area contributed by atoms with Crippen LogP contribution in [0, 0.1) is 0 Å². The normalized spacial score (nSPS) is 20.8. The predicted molar refractivity (Wildman–Crippen MR) is 122 cm³/mol. The molecule has 4 heteroatoms. The van der Waals surface area contributed by atoms with E-state index in [1.54, 1.807) is 7.11 Å². The number of nitrogens with zero attached hydrogens (tertiary/aromatic N) is 1. The molecule has 4 nitrogen and oxygen atoms in total. The van der Waals surface area contributed by atoms with E-state index in [1.807, 2.05) is 14.1 Å². The van der Waals surface area contributed by atoms with Crippen LogP contribution >= 0.6 is 0 Å². The molecule has 2 atom stereocenters. The van der Waals surface area contributed by atoms with Crippen LogP contribution in [0.3, 0.4) is 0 Å². The largest absolute Gasteiger partial charge is 0.495 e. The monoisotopic (exact) mass is 398 g/mol. The average Bonchev–Trinajstić information content (AvgIpc) is 3.13. The second-order valence-electron chi connectivity index (χ2n) is 7.91. The summed E-state index contributed by atoms with van der Waals surface area (Å²) in [5.41, 5.74) is 4.72. The molecule has 0 saturated heterocycles. The molecule has 0 spiro atoms. The zero-order chi connectivity index (χ0) is 21.2. The number of benzene rings is 1. The average molecular weight is 399 g/mol. The van der Waals surface area contributed by atoms with Gasteiger partial charge in [-0.05, 0) is 54.9 Å². The Bertz CT molecular complexity index is 717. The molecule has 1 saturated carbocycles. The lowest BCUT2D eigenvalue weighted by molar-refractivity contribution is 0.179. The van der Waals surface area contributed by atoms with Crippen molar-refractivity contribution in [2.24, 2.45) is 0 Å². The standard InChI is InChI=1S/C25H38N2O2/c1-6-8-21(16-25(29-5)24(9-7-2)27(3)4)20-12-10-19(11-13-20)18-26-22-14-15-23(28)17-22/h8-13,16,22-23,26,28H,6-7,14-15,17-18H2,1-5H3/b21-8-,24-9+,25-16+. The van der Waals surface area contributed by atoms with E-state index in [9.17, 15) is 5.11 Å². The zero-order valence-electron chi connectivity index (χ0n) is 18.7. The van der Waals surface area contributed by atoms with Gasteiger partial charge in [0, 0.05) is 26.7 Å². The Morgan fingerprint density at radius 1 is 1.14 bits per heavy atom. The molecule has 0 amide bonds. The molecule has 1 aliphatic carbocycles. The second kappa shape index (κ2) is 11.8. The van der Waals surface area contributed by atoms with Crippen LogP contribution < -0.4 is 5.32 Å². The molecule has 1 aromatic rings. The van der Waals surface area contributed by atoms with Crippen LogP contribution in [0.2, 0.25) is 0 Å². The first kappa shape index (κ1) is 23.2. The summed E-state index contributed by atoms with van der Waals surface area (Å²) < 4.78 is 5.73. The summed E-state index contributed by atoms with van der Waals surface area (Å²) in [6, 6.07) is 9.18. The molecule has 1 aliphatic rings. The van der Waals surface area contributed by atoms with Crippen molar-refractivity contribution >= 4 is 5.57 Å². The predicted octanol–water partition coefficient (Wildman–Crippen LogP) is 4.87. The van der Waals surface area contributed by atoms with Crippen LogP contribution in [0.1, 0.15) is 57.1 Å². The van der Waals surface area contributed by atoms with Gasteiger partial charge in [-0.3, -0.25) is 0 Å². The number of ether oxygens (including phenoxy) is 1. The molecular weight excluding hydrogens is 360 g/mol. The Labute approximate surface area is 177 Å². The topological polar surface area (TPSA) is 44.7 Å². The van der Waals surface area contributed by atoms with Crippen molar-refractivity contribution in [3.05, 3.63) is 65.1 Å². The minimum atomic E-state index is -0.132. The Kier molecular flexibility index (Phi) is 9.49. The maximum Gasteiger partial charge on any atom is 0.142 e. The van der Waals surface area contributed by atoms with E-state index in [-0.39, 0.29) is 6.10 Å². The SMILES string of the molecule is CC/C=C(/C=C(OC)\C(=C/CC)N(C)C)c1ccc(CNC2CCC(O)C2)cc1. The van der Waals surface area contributed by atoms with Crippen molar-refractivity contribution in [1.82, 2.24) is 10.2 Å². The number of likely N-dealkylation sites (N-methyl/N-ethyl adjacent to an activating group) is 1. The van der Waals surface area contributed by atoms with Crippen molar-refractivity contribution in [1.29, 1.82) is 0 Å². The Morgan fingerprint density at radius 2 is 1.83 bits per heavy atom. The lowest BCUT2D eigenvalue weighted by Gasteiger charge is -2.20. The van der Waals surface area contributed by atoms with Gasteiger partial charge in [0.05, 0.1) is 18.9 Å². The van der Waals surface area contributed by atoms with Gasteiger partial charge in [-0.25, -0.2) is 0 Å². The van der Waals surface area contributed by atoms with E-state index in [2.05, 4.69) is 66.6 Å². The number of methoxy groups -OCH3 is 1. The summed E-state index contributed by atoms with van der Waals surface area (Å²) in [4.78, 5) is 2.09. The lowest BCUT2D eigenvalue weighted by atomic mass is 10.0. The molecule has 2 unspecified atom stereocenters. The number of allylic oxidation sites excluding steroid dienone is 4. The van der Waals surface area contributed by atoms with Gasteiger partial charge in [-0.2, -0.15) is 0 Å². The third-order valence-corrected chi connectivity index (χ3v) is 5.35. The number of aliphatic hydroxyl groups excluding tert-OH is 1. The van der Waals surface area contributed by atoms with Gasteiger partial charge >= 0.3 is 0 Å². The van der Waals surface area contributed by atoms with Crippen molar-refractivity contribution in [3.8, 4) is 0 Å². The zero-order valence-corrected chi connectivity index (χ0v) is 18.7. The summed E-state index contributed by atoms with van der Waals surface area (Å²) in [5.74, 6) is 0.877. The van der Waals surface area contributed by atoms with Crippen molar-refractivity contribution < 1.29 is 9.84 Å². The van der Waals surface area contributed by atoms with E-state index in [0.29, 0.717) is 6.04 Å². The van der Waals surface area contributed by atoms with Crippen molar-refractivity contribution in [3.63, 3.8) is 0 Å². The van der Waals surface area contributed by atoms with E-state index in [1.165, 1.54) is 16.7 Å². The fourth-order valence-corrected chi connectivity index (χ4v) is 3.78. The number of hydrogen-bond acceptors (Lipinski definition) is 4. The second-order valence-corrected chi connectivity index (χ2v) is 7.91. The minimum Gasteiger partial charge on any atom is -0.495 e. The maximum absolute atomic E-state index is 9.68. The van der Waals surface area contributed by atoms with E-state index in [4.69, 9.17) is 4.74 Å². The molecule has 2 rings (SSSR count). The minimum absolute atomic E-state index is 0.132. The number of nitrogens with one attached hydrogen (secondary N) is 1. The fourth-order valence-electron chi connectivity index (χ4n) is 3.78. The number of aliphatic hydroxyl groups is 1. The first-order valence-electron chi connectivity index (χ1n) is 10.8. The van der Waals surface area contributed by atoms with Crippen LogP contribution in [0.15, 0.2) is 53.9 Å². The van der Waals surface area contributed by atoms with Gasteiger partial charge in [-0.1, -0.05) is 50.3 Å². The van der Waals surface area contributed by atoms with Crippen molar-refractivity contribution in [2.75, 3.05) is 21.2 Å². The smallest absolute Gasteiger partial charge is 0.142 e. The summed E-state index contributed by atoms with van der Waals surface area (Å²) in [6.45, 7) is 5.13. The van der Waals surface area contributed by atoms with Gasteiger partial charge in [0.25, 0.3) is 0 Å². The highest BCUT2D eigenvalue weighted by Crippen LogP contribution is 2.24. The van der Waals surface area contributed by atoms with Gasteiger partial charge in [0.15, 0.2) is 0 Å². The van der Waals surface area contributed by atoms with E-state index in [0.717, 1.165) is 50.1 Å². The molecular formula is C25H38N2O2. The molecule has 160 valence electrons. The molecule has 0 bridgehead atoms. The van der Waals surface area contributed by atoms with Crippen LogP contribution in [-0.2, 0) is 11.3 Å². The summed E-state index contributed by atoms with van der Waals surface area (Å²) in [6.07, 6.45) is 11.2. The molecule has 0 radical (unpaired) electrons.